The lowest BCUT2D eigenvalue weighted by atomic mass is 10.0. The van der Waals surface area contributed by atoms with Gasteiger partial charge in [0.1, 0.15) is 0 Å². The summed E-state index contributed by atoms with van der Waals surface area (Å²) in [6.45, 7) is 2.34. The molecule has 0 amide bonds. The number of carbonyl (C=O) groups excluding carboxylic acids is 1. The number of nitrogens with zero attached hydrogens (tertiary/aromatic N) is 2. The van der Waals surface area contributed by atoms with Crippen molar-refractivity contribution in [2.45, 2.75) is 13.3 Å². The van der Waals surface area contributed by atoms with E-state index in [0.29, 0.717) is 11.1 Å². The number of carbonyl (C=O) groups is 1. The molecule has 0 saturated heterocycles. The molecule has 21 heavy (non-hydrogen) atoms. The molecule has 0 radical (unpaired) electrons. The van der Waals surface area contributed by atoms with Crippen molar-refractivity contribution in [2.24, 2.45) is 0 Å². The first-order valence-corrected chi connectivity index (χ1v) is 6.92. The first-order chi connectivity index (χ1) is 10.1. The molecular formula is C18H18N2O. The van der Waals surface area contributed by atoms with Crippen molar-refractivity contribution in [3.8, 4) is 6.07 Å². The van der Waals surface area contributed by atoms with Crippen LogP contribution >= 0.6 is 0 Å². The monoisotopic (exact) mass is 278 g/mol. The van der Waals surface area contributed by atoms with Gasteiger partial charge in [-0.15, -0.1) is 0 Å². The van der Waals surface area contributed by atoms with Crippen LogP contribution < -0.4 is 4.90 Å². The van der Waals surface area contributed by atoms with E-state index in [1.165, 1.54) is 5.56 Å². The Bertz CT molecular complexity index is 671. The molecule has 106 valence electrons. The predicted octanol–water partition coefficient (Wildman–Crippen LogP) is 3.44. The second-order valence-corrected chi connectivity index (χ2v) is 5.06. The van der Waals surface area contributed by atoms with Crippen LogP contribution in [0.2, 0.25) is 0 Å². The van der Waals surface area contributed by atoms with Crippen LogP contribution in [0.1, 0.15) is 28.4 Å². The Kier molecular flexibility index (Phi) is 4.73. The summed E-state index contributed by atoms with van der Waals surface area (Å²) in [4.78, 5) is 13.8. The summed E-state index contributed by atoms with van der Waals surface area (Å²) >= 11 is 0. The van der Waals surface area contributed by atoms with Crippen molar-refractivity contribution in [3.05, 3.63) is 65.2 Å². The van der Waals surface area contributed by atoms with Crippen LogP contribution in [0.15, 0.2) is 48.5 Å². The lowest BCUT2D eigenvalue weighted by molar-refractivity contribution is 0.101. The molecule has 0 atom stereocenters. The highest BCUT2D eigenvalue weighted by Gasteiger charge is 2.12. The zero-order valence-corrected chi connectivity index (χ0v) is 12.3. The highest BCUT2D eigenvalue weighted by Crippen LogP contribution is 2.22. The highest BCUT2D eigenvalue weighted by atomic mass is 16.1. The van der Waals surface area contributed by atoms with E-state index in [2.05, 4.69) is 18.2 Å². The molecule has 2 aromatic rings. The van der Waals surface area contributed by atoms with Crippen LogP contribution in [0.5, 0.6) is 0 Å². The Labute approximate surface area is 125 Å². The van der Waals surface area contributed by atoms with Gasteiger partial charge in [-0.2, -0.15) is 5.26 Å². The number of likely N-dealkylation sites (N-methyl/N-ethyl adjacent to an activating group) is 1. The number of rotatable bonds is 5. The van der Waals surface area contributed by atoms with Crippen molar-refractivity contribution < 1.29 is 4.79 Å². The van der Waals surface area contributed by atoms with Crippen molar-refractivity contribution in [1.82, 2.24) is 0 Å². The van der Waals surface area contributed by atoms with Gasteiger partial charge in [0.05, 0.1) is 11.6 Å². The van der Waals surface area contributed by atoms with Crippen LogP contribution in [-0.4, -0.2) is 19.4 Å². The summed E-state index contributed by atoms with van der Waals surface area (Å²) in [5.41, 5.74) is 3.30. The first-order valence-electron chi connectivity index (χ1n) is 6.92. The minimum atomic E-state index is 0.0149. The fourth-order valence-electron chi connectivity index (χ4n) is 2.28. The summed E-state index contributed by atoms with van der Waals surface area (Å²) < 4.78 is 0. The topological polar surface area (TPSA) is 44.1 Å². The normalized spacial score (nSPS) is 9.95. The van der Waals surface area contributed by atoms with Crippen molar-refractivity contribution >= 4 is 11.5 Å². The maximum atomic E-state index is 11.7. The highest BCUT2D eigenvalue weighted by molar-refractivity contribution is 6.00. The number of Topliss-reactive ketones (excluding diaryl/α,β-unsaturated/α-hetero) is 1. The molecule has 0 heterocycles. The largest absolute Gasteiger partial charge is 0.374 e. The van der Waals surface area contributed by atoms with Crippen LogP contribution in [0.4, 0.5) is 5.69 Å². The van der Waals surface area contributed by atoms with Gasteiger partial charge < -0.3 is 4.90 Å². The molecule has 0 N–H and O–H groups in total. The van der Waals surface area contributed by atoms with E-state index in [-0.39, 0.29) is 5.78 Å². The maximum absolute atomic E-state index is 11.7. The number of anilines is 1. The second kappa shape index (κ2) is 6.71. The van der Waals surface area contributed by atoms with Crippen LogP contribution in [0, 0.1) is 11.3 Å². The summed E-state index contributed by atoms with van der Waals surface area (Å²) in [5, 5.41) is 9.03. The molecule has 0 aliphatic rings. The standard InChI is InChI=1S/C18H18N2O/c1-14(21)17-9-8-16(13-19)12-18(17)20(2)11-10-15-6-4-3-5-7-15/h3-9,12H,10-11H2,1-2H3. The Morgan fingerprint density at radius 1 is 1.19 bits per heavy atom. The minimum absolute atomic E-state index is 0.0149. The number of nitriles is 1. The summed E-state index contributed by atoms with van der Waals surface area (Å²) in [5.74, 6) is 0.0149. The van der Waals surface area contributed by atoms with E-state index >= 15 is 0 Å². The predicted molar refractivity (Wildman–Crippen MR) is 84.6 cm³/mol. The SMILES string of the molecule is CC(=O)c1ccc(C#N)cc1N(C)CCc1ccccc1. The molecule has 0 aliphatic heterocycles. The first kappa shape index (κ1) is 14.8. The van der Waals surface area contributed by atoms with Gasteiger partial charge >= 0.3 is 0 Å². The van der Waals surface area contributed by atoms with E-state index in [9.17, 15) is 4.79 Å². The Hall–Kier alpha value is -2.60. The minimum Gasteiger partial charge on any atom is -0.374 e. The Morgan fingerprint density at radius 3 is 2.52 bits per heavy atom. The van der Waals surface area contributed by atoms with Crippen LogP contribution in [0.3, 0.4) is 0 Å². The van der Waals surface area contributed by atoms with Gasteiger partial charge in [0.2, 0.25) is 0 Å². The second-order valence-electron chi connectivity index (χ2n) is 5.06. The van der Waals surface area contributed by atoms with Gasteiger partial charge in [-0.3, -0.25) is 4.79 Å². The molecule has 0 fully saturated rings. The molecule has 0 aliphatic carbocycles. The van der Waals surface area contributed by atoms with E-state index in [1.807, 2.05) is 30.1 Å². The molecule has 2 aromatic carbocycles. The van der Waals surface area contributed by atoms with Gasteiger partial charge in [-0.05, 0) is 37.1 Å². The van der Waals surface area contributed by atoms with Gasteiger partial charge in [0.25, 0.3) is 0 Å². The molecule has 0 saturated carbocycles. The molecular weight excluding hydrogens is 260 g/mol. The number of ketones is 1. The smallest absolute Gasteiger partial charge is 0.161 e. The van der Waals surface area contributed by atoms with E-state index < -0.39 is 0 Å². The summed E-state index contributed by atoms with van der Waals surface area (Å²) in [6, 6.07) is 17.5. The van der Waals surface area contributed by atoms with Gasteiger partial charge in [-0.25, -0.2) is 0 Å². The third-order valence-corrected chi connectivity index (χ3v) is 3.50. The zero-order valence-electron chi connectivity index (χ0n) is 12.3. The maximum Gasteiger partial charge on any atom is 0.161 e. The number of hydrogen-bond acceptors (Lipinski definition) is 3. The molecule has 0 bridgehead atoms. The van der Waals surface area contributed by atoms with Crippen molar-refractivity contribution in [3.63, 3.8) is 0 Å². The molecule has 3 heteroatoms. The van der Waals surface area contributed by atoms with Crippen LogP contribution in [0.25, 0.3) is 0 Å². The average Bonchev–Trinajstić information content (AvgIpc) is 2.52. The summed E-state index contributed by atoms with van der Waals surface area (Å²) in [7, 11) is 1.95. The lowest BCUT2D eigenvalue weighted by Gasteiger charge is -2.22. The lowest BCUT2D eigenvalue weighted by Crippen LogP contribution is -2.22. The number of hydrogen-bond donors (Lipinski definition) is 0. The van der Waals surface area contributed by atoms with Crippen molar-refractivity contribution in [1.29, 1.82) is 5.26 Å². The molecule has 0 aromatic heterocycles. The fraction of sp³-hybridized carbons (Fsp3) is 0.222. The molecule has 0 spiro atoms. The fourth-order valence-corrected chi connectivity index (χ4v) is 2.28. The Morgan fingerprint density at radius 2 is 1.90 bits per heavy atom. The van der Waals surface area contributed by atoms with Crippen molar-refractivity contribution in [2.75, 3.05) is 18.5 Å². The molecule has 3 nitrogen and oxygen atoms in total. The zero-order chi connectivity index (χ0) is 15.2. The quantitative estimate of drug-likeness (QED) is 0.787. The van der Waals surface area contributed by atoms with E-state index in [0.717, 1.165) is 18.7 Å². The van der Waals surface area contributed by atoms with Crippen LogP contribution in [-0.2, 0) is 6.42 Å². The van der Waals surface area contributed by atoms with E-state index in [1.54, 1.807) is 25.1 Å². The summed E-state index contributed by atoms with van der Waals surface area (Å²) in [6.07, 6.45) is 0.894. The van der Waals surface area contributed by atoms with E-state index in [4.69, 9.17) is 5.26 Å². The average molecular weight is 278 g/mol. The molecule has 2 rings (SSSR count). The van der Waals surface area contributed by atoms with Gasteiger partial charge in [0.15, 0.2) is 5.78 Å². The van der Waals surface area contributed by atoms with Gasteiger partial charge in [0, 0.05) is 24.8 Å². The molecule has 0 unspecified atom stereocenters. The van der Waals surface area contributed by atoms with Gasteiger partial charge in [-0.1, -0.05) is 30.3 Å². The third-order valence-electron chi connectivity index (χ3n) is 3.50. The number of benzene rings is 2. The third kappa shape index (κ3) is 3.70. The Balaban J connectivity index is 2.19.